The van der Waals surface area contributed by atoms with Gasteiger partial charge >= 0.3 is 0 Å². The van der Waals surface area contributed by atoms with Crippen molar-refractivity contribution in [2.45, 2.75) is 11.8 Å². The quantitative estimate of drug-likeness (QED) is 0.692. The number of hydrogen-bond donors (Lipinski definition) is 3. The minimum absolute atomic E-state index is 0.149. The van der Waals surface area contributed by atoms with Crippen molar-refractivity contribution in [3.05, 3.63) is 71.5 Å². The van der Waals surface area contributed by atoms with E-state index < -0.39 is 0 Å². The third kappa shape index (κ3) is 4.04. The lowest BCUT2D eigenvalue weighted by molar-refractivity contribution is 0.317. The number of rotatable bonds is 6. The molecule has 5 heteroatoms. The van der Waals surface area contributed by atoms with Crippen molar-refractivity contribution < 1.29 is 4.74 Å². The first-order valence-electron chi connectivity index (χ1n) is 7.86. The maximum Gasteiger partial charge on any atom is 0.129 e. The Morgan fingerprint density at radius 2 is 2.17 bits per heavy atom. The highest BCUT2D eigenvalue weighted by Gasteiger charge is 2.25. The average molecular weight is 343 g/mol. The second-order valence-electron chi connectivity index (χ2n) is 5.51. The monoisotopic (exact) mass is 343 g/mol. The summed E-state index contributed by atoms with van der Waals surface area (Å²) in [4.78, 5) is 1.20. The van der Waals surface area contributed by atoms with Gasteiger partial charge in [-0.2, -0.15) is 0 Å². The van der Waals surface area contributed by atoms with Crippen LogP contribution >= 0.6 is 11.8 Å². The standard InChI is InChI=1S/C19H25N3OS/c1-13-9-18(15(11-21)12-22-2)23-19(13)17(7-8-20)14-5-4-6-16(10-14)24-3/h4-11,13,22H,12,20-21H2,1-3H3/b8-7-,15-11+,19-17-. The number of nitrogens with one attached hydrogen (secondary N) is 1. The van der Waals surface area contributed by atoms with Crippen LogP contribution in [0, 0.1) is 5.92 Å². The number of benzene rings is 1. The Labute approximate surface area is 148 Å². The average Bonchev–Trinajstić information content (AvgIpc) is 2.98. The molecule has 0 aliphatic carbocycles. The van der Waals surface area contributed by atoms with E-state index in [0.717, 1.165) is 28.2 Å². The molecular formula is C19H25N3OS. The first kappa shape index (κ1) is 18.2. The van der Waals surface area contributed by atoms with Gasteiger partial charge in [-0.05, 0) is 49.4 Å². The highest BCUT2D eigenvalue weighted by Crippen LogP contribution is 2.36. The van der Waals surface area contributed by atoms with Crippen molar-refractivity contribution >= 4 is 17.3 Å². The summed E-state index contributed by atoms with van der Waals surface area (Å²) in [6, 6.07) is 8.36. The van der Waals surface area contributed by atoms with Crippen LogP contribution in [0.5, 0.6) is 0 Å². The Hall–Kier alpha value is -2.11. The zero-order valence-electron chi connectivity index (χ0n) is 14.4. The number of thioether (sulfide) groups is 1. The van der Waals surface area contributed by atoms with E-state index in [0.29, 0.717) is 6.54 Å². The van der Waals surface area contributed by atoms with Crippen LogP contribution in [0.25, 0.3) is 5.57 Å². The van der Waals surface area contributed by atoms with Gasteiger partial charge in [-0.25, -0.2) is 0 Å². The molecule has 5 N–H and O–H groups in total. The van der Waals surface area contributed by atoms with Crippen LogP contribution in [0.3, 0.4) is 0 Å². The van der Waals surface area contributed by atoms with Gasteiger partial charge in [0.2, 0.25) is 0 Å². The molecule has 0 fully saturated rings. The molecule has 1 heterocycles. The molecule has 1 aromatic rings. The van der Waals surface area contributed by atoms with Crippen molar-refractivity contribution in [3.63, 3.8) is 0 Å². The minimum Gasteiger partial charge on any atom is -0.460 e. The molecule has 1 aliphatic rings. The van der Waals surface area contributed by atoms with E-state index in [2.05, 4.69) is 42.8 Å². The third-order valence-electron chi connectivity index (χ3n) is 3.83. The van der Waals surface area contributed by atoms with Crippen LogP contribution in [0.2, 0.25) is 0 Å². The van der Waals surface area contributed by atoms with Crippen LogP contribution < -0.4 is 16.8 Å². The molecule has 0 radical (unpaired) electrons. The molecule has 0 spiro atoms. The second kappa shape index (κ2) is 8.66. The molecule has 24 heavy (non-hydrogen) atoms. The van der Waals surface area contributed by atoms with E-state index in [4.69, 9.17) is 16.2 Å². The number of likely N-dealkylation sites (N-methyl/N-ethyl adjacent to an activating group) is 1. The van der Waals surface area contributed by atoms with Gasteiger partial charge in [-0.3, -0.25) is 0 Å². The van der Waals surface area contributed by atoms with E-state index >= 15 is 0 Å². The summed E-state index contributed by atoms with van der Waals surface area (Å²) in [7, 11) is 1.88. The zero-order chi connectivity index (χ0) is 17.5. The molecule has 0 saturated carbocycles. The molecule has 0 amide bonds. The Morgan fingerprint density at radius 1 is 1.38 bits per heavy atom. The predicted molar refractivity (Wildman–Crippen MR) is 103 cm³/mol. The first-order valence-corrected chi connectivity index (χ1v) is 9.09. The number of ether oxygens (including phenoxy) is 1. The summed E-state index contributed by atoms with van der Waals surface area (Å²) in [5.41, 5.74) is 14.4. The lowest BCUT2D eigenvalue weighted by Crippen LogP contribution is -2.13. The molecule has 0 saturated heterocycles. The number of allylic oxidation sites excluding steroid dienone is 3. The highest BCUT2D eigenvalue weighted by atomic mass is 32.2. The van der Waals surface area contributed by atoms with Crippen molar-refractivity contribution in [1.29, 1.82) is 0 Å². The van der Waals surface area contributed by atoms with Gasteiger partial charge in [-0.15, -0.1) is 11.8 Å². The maximum atomic E-state index is 6.16. The van der Waals surface area contributed by atoms with E-state index in [1.807, 2.05) is 19.2 Å². The van der Waals surface area contributed by atoms with Crippen molar-refractivity contribution in [1.82, 2.24) is 5.32 Å². The Balaban J connectivity index is 2.43. The fraction of sp³-hybridized carbons (Fsp3) is 0.263. The number of hydrogen-bond acceptors (Lipinski definition) is 5. The smallest absolute Gasteiger partial charge is 0.129 e. The van der Waals surface area contributed by atoms with Crippen LogP contribution in [0.1, 0.15) is 12.5 Å². The Morgan fingerprint density at radius 3 is 2.79 bits per heavy atom. The van der Waals surface area contributed by atoms with Crippen LogP contribution in [-0.2, 0) is 4.74 Å². The molecule has 1 aliphatic heterocycles. The predicted octanol–water partition coefficient (Wildman–Crippen LogP) is 3.20. The zero-order valence-corrected chi connectivity index (χ0v) is 15.2. The lowest BCUT2D eigenvalue weighted by atomic mass is 9.99. The highest BCUT2D eigenvalue weighted by molar-refractivity contribution is 7.98. The summed E-state index contributed by atoms with van der Waals surface area (Å²) in [5, 5.41) is 3.10. The lowest BCUT2D eigenvalue weighted by Gasteiger charge is -2.14. The Kier molecular flexibility index (Phi) is 6.58. The number of nitrogens with two attached hydrogens (primary N) is 2. The third-order valence-corrected chi connectivity index (χ3v) is 4.55. The van der Waals surface area contributed by atoms with Crippen LogP contribution in [-0.4, -0.2) is 19.8 Å². The van der Waals surface area contributed by atoms with Crippen LogP contribution in [0.15, 0.2) is 70.8 Å². The molecule has 128 valence electrons. The Bertz CT molecular complexity index is 704. The first-order chi connectivity index (χ1) is 11.6. The topological polar surface area (TPSA) is 73.3 Å². The van der Waals surface area contributed by atoms with Crippen molar-refractivity contribution in [2.75, 3.05) is 19.8 Å². The molecule has 0 bridgehead atoms. The largest absolute Gasteiger partial charge is 0.460 e. The SMILES string of the molecule is CNC/C(=C\N)C1=CC(C)/C(=C(\C=C/N)c2cccc(SC)c2)O1. The van der Waals surface area contributed by atoms with Crippen LogP contribution in [0.4, 0.5) is 0 Å². The van der Waals surface area contributed by atoms with Gasteiger partial charge in [0.1, 0.15) is 11.5 Å². The van der Waals surface area contributed by atoms with Crippen molar-refractivity contribution in [3.8, 4) is 0 Å². The molecule has 1 unspecified atom stereocenters. The molecule has 1 aromatic carbocycles. The fourth-order valence-electron chi connectivity index (χ4n) is 2.65. The van der Waals surface area contributed by atoms with Gasteiger partial charge in [-0.1, -0.05) is 19.1 Å². The molecule has 4 nitrogen and oxygen atoms in total. The summed E-state index contributed by atoms with van der Waals surface area (Å²) in [6.07, 6.45) is 9.19. The molecule has 1 atom stereocenters. The van der Waals surface area contributed by atoms with Crippen molar-refractivity contribution in [2.24, 2.45) is 17.4 Å². The second-order valence-corrected chi connectivity index (χ2v) is 6.39. The van der Waals surface area contributed by atoms with E-state index in [9.17, 15) is 0 Å². The summed E-state index contributed by atoms with van der Waals surface area (Å²) in [6.45, 7) is 2.77. The van der Waals surface area contributed by atoms with E-state index in [1.54, 1.807) is 24.2 Å². The molecule has 0 aromatic heterocycles. The van der Waals surface area contributed by atoms with Gasteiger partial charge in [0.05, 0.1) is 0 Å². The maximum absolute atomic E-state index is 6.16. The van der Waals surface area contributed by atoms with E-state index in [-0.39, 0.29) is 5.92 Å². The van der Waals surface area contributed by atoms with E-state index in [1.165, 1.54) is 4.90 Å². The van der Waals surface area contributed by atoms with Gasteiger partial charge in [0.15, 0.2) is 0 Å². The van der Waals surface area contributed by atoms with Gasteiger partial charge in [0, 0.05) is 34.7 Å². The normalized spacial score (nSPS) is 20.2. The fourth-order valence-corrected chi connectivity index (χ4v) is 3.11. The molecule has 2 rings (SSSR count). The summed E-state index contributed by atoms with van der Waals surface area (Å²) >= 11 is 1.71. The summed E-state index contributed by atoms with van der Waals surface area (Å²) < 4.78 is 6.16. The molecular weight excluding hydrogens is 318 g/mol. The minimum atomic E-state index is 0.149. The summed E-state index contributed by atoms with van der Waals surface area (Å²) in [5.74, 6) is 1.84. The van der Waals surface area contributed by atoms with Gasteiger partial charge in [0.25, 0.3) is 0 Å². The van der Waals surface area contributed by atoms with Gasteiger partial charge < -0.3 is 21.5 Å².